The topological polar surface area (TPSA) is 54.7 Å². The summed E-state index contributed by atoms with van der Waals surface area (Å²) in [6, 6.07) is 5.64. The van der Waals surface area contributed by atoms with Gasteiger partial charge in [-0.05, 0) is 44.2 Å². The Morgan fingerprint density at radius 3 is 2.52 bits per heavy atom. The first-order valence-electron chi connectivity index (χ1n) is 8.14. The maximum atomic E-state index is 11.2. The fraction of sp³-hybridized carbons (Fsp3) is 0.500. The van der Waals surface area contributed by atoms with Gasteiger partial charge in [-0.15, -0.1) is 0 Å². The third-order valence-corrected chi connectivity index (χ3v) is 4.16. The summed E-state index contributed by atoms with van der Waals surface area (Å²) < 4.78 is 7.77. The van der Waals surface area contributed by atoms with Gasteiger partial charge < -0.3 is 19.3 Å². The number of aromatic nitrogens is 1. The highest BCUT2D eigenvalue weighted by atomic mass is 16.5. The summed E-state index contributed by atoms with van der Waals surface area (Å²) in [5, 5.41) is 10.1. The van der Waals surface area contributed by atoms with Gasteiger partial charge in [-0.25, -0.2) is 4.79 Å². The van der Waals surface area contributed by atoms with E-state index >= 15 is 0 Å². The lowest BCUT2D eigenvalue weighted by Gasteiger charge is -2.15. The molecule has 1 aliphatic rings. The van der Waals surface area contributed by atoms with Crippen LogP contribution in [0.2, 0.25) is 0 Å². The highest BCUT2D eigenvalue weighted by molar-refractivity contribution is 5.96. The summed E-state index contributed by atoms with van der Waals surface area (Å²) in [4.78, 5) is 13.5. The fourth-order valence-electron chi connectivity index (χ4n) is 3.16. The minimum absolute atomic E-state index is 0.217. The van der Waals surface area contributed by atoms with Crippen molar-refractivity contribution in [3.05, 3.63) is 29.5 Å². The molecule has 1 saturated heterocycles. The lowest BCUT2D eigenvalue weighted by atomic mass is 10.1. The van der Waals surface area contributed by atoms with Gasteiger partial charge in [-0.1, -0.05) is 13.8 Å². The van der Waals surface area contributed by atoms with Gasteiger partial charge in [0.2, 0.25) is 0 Å². The molecule has 0 bridgehead atoms. The zero-order valence-corrected chi connectivity index (χ0v) is 14.6. The van der Waals surface area contributed by atoms with E-state index in [0.29, 0.717) is 5.69 Å². The predicted molar refractivity (Wildman–Crippen MR) is 92.5 cm³/mol. The maximum absolute atomic E-state index is 11.2. The molecule has 5 heteroatoms. The lowest BCUT2D eigenvalue weighted by Crippen LogP contribution is -2.21. The summed E-state index contributed by atoms with van der Waals surface area (Å²) in [5.41, 5.74) is 2.28. The van der Waals surface area contributed by atoms with Crippen molar-refractivity contribution in [3.63, 3.8) is 0 Å². The normalized spacial score (nSPS) is 17.9. The first-order chi connectivity index (χ1) is 11.0. The van der Waals surface area contributed by atoms with Crippen LogP contribution in [0.4, 0.5) is 0 Å². The van der Waals surface area contributed by atoms with Crippen LogP contribution in [0, 0.1) is 6.92 Å². The molecular formula is C18H26N2O3. The average molecular weight is 318 g/mol. The van der Waals surface area contributed by atoms with Crippen LogP contribution in [0.1, 0.15) is 36.3 Å². The number of likely N-dealkylation sites (N-methyl/N-ethyl adjacent to an activating group) is 1. The second kappa shape index (κ2) is 7.04. The van der Waals surface area contributed by atoms with Crippen LogP contribution in [-0.4, -0.2) is 46.8 Å². The Bertz CT molecular complexity index is 706. The summed E-state index contributed by atoms with van der Waals surface area (Å²) in [7, 11) is 3.87. The monoisotopic (exact) mass is 318 g/mol. The number of rotatable bonds is 3. The largest absolute Gasteiger partial charge is 0.489 e. The van der Waals surface area contributed by atoms with Crippen molar-refractivity contribution < 1.29 is 14.6 Å². The molecule has 1 atom stereocenters. The molecule has 1 N–H and O–H groups in total. The molecule has 0 spiro atoms. The zero-order chi connectivity index (χ0) is 17.1. The molecule has 23 heavy (non-hydrogen) atoms. The van der Waals surface area contributed by atoms with Crippen molar-refractivity contribution in [2.24, 2.45) is 7.05 Å². The molecule has 0 saturated carbocycles. The van der Waals surface area contributed by atoms with Gasteiger partial charge in [0.15, 0.2) is 0 Å². The standard InChI is InChI=1S/C16H20N2O3.C2H6/c1-10-6-13(21-12-4-5-17(2)9-12)7-11-8-14(16(19)20)18(3)15(10)11;1-2/h6-8,12H,4-5,9H2,1-3H3,(H,19,20);1-2H3. The summed E-state index contributed by atoms with van der Waals surface area (Å²) in [6.45, 7) is 7.98. The van der Waals surface area contributed by atoms with Crippen LogP contribution in [0.3, 0.4) is 0 Å². The number of carbonyl (C=O) groups is 1. The molecule has 0 amide bonds. The number of aromatic carboxylic acids is 1. The first kappa shape index (κ1) is 17.3. The van der Waals surface area contributed by atoms with E-state index in [0.717, 1.165) is 41.7 Å². The van der Waals surface area contributed by atoms with E-state index in [-0.39, 0.29) is 6.10 Å². The molecule has 2 heterocycles. The Morgan fingerprint density at radius 1 is 1.26 bits per heavy atom. The minimum atomic E-state index is -0.909. The first-order valence-corrected chi connectivity index (χ1v) is 8.14. The van der Waals surface area contributed by atoms with Crippen LogP contribution in [-0.2, 0) is 7.05 Å². The van der Waals surface area contributed by atoms with Gasteiger partial charge in [0.1, 0.15) is 17.5 Å². The molecule has 1 unspecified atom stereocenters. The zero-order valence-electron chi connectivity index (χ0n) is 14.6. The van der Waals surface area contributed by atoms with Gasteiger partial charge in [0, 0.05) is 25.5 Å². The predicted octanol–water partition coefficient (Wildman–Crippen LogP) is 3.29. The quantitative estimate of drug-likeness (QED) is 0.943. The SMILES string of the molecule is CC.Cc1cc(OC2CCN(C)C2)cc2cc(C(=O)O)n(C)c12. The van der Waals surface area contributed by atoms with E-state index in [2.05, 4.69) is 11.9 Å². The Hall–Kier alpha value is -2.01. The van der Waals surface area contributed by atoms with Gasteiger partial charge in [-0.2, -0.15) is 0 Å². The van der Waals surface area contributed by atoms with Gasteiger partial charge in [0.05, 0.1) is 5.52 Å². The number of hydrogen-bond donors (Lipinski definition) is 1. The Labute approximate surface area is 137 Å². The van der Waals surface area contributed by atoms with Crippen LogP contribution in [0.25, 0.3) is 10.9 Å². The molecule has 1 fully saturated rings. The van der Waals surface area contributed by atoms with Crippen molar-refractivity contribution in [2.45, 2.75) is 33.3 Å². The number of benzene rings is 1. The maximum Gasteiger partial charge on any atom is 0.352 e. The van der Waals surface area contributed by atoms with Crippen molar-refractivity contribution >= 4 is 16.9 Å². The molecule has 126 valence electrons. The average Bonchev–Trinajstić information content (AvgIpc) is 3.05. The van der Waals surface area contributed by atoms with E-state index in [1.54, 1.807) is 17.7 Å². The minimum Gasteiger partial charge on any atom is -0.489 e. The number of hydrogen-bond acceptors (Lipinski definition) is 3. The summed E-state index contributed by atoms with van der Waals surface area (Å²) in [5.74, 6) is -0.0872. The molecule has 3 rings (SSSR count). The second-order valence-electron chi connectivity index (χ2n) is 5.86. The van der Waals surface area contributed by atoms with Crippen molar-refractivity contribution in [1.82, 2.24) is 9.47 Å². The fourth-order valence-corrected chi connectivity index (χ4v) is 3.16. The lowest BCUT2D eigenvalue weighted by molar-refractivity contribution is 0.0687. The number of fused-ring (bicyclic) bond motifs is 1. The second-order valence-corrected chi connectivity index (χ2v) is 5.86. The van der Waals surface area contributed by atoms with E-state index in [4.69, 9.17) is 4.74 Å². The molecule has 2 aromatic rings. The van der Waals surface area contributed by atoms with Gasteiger partial charge in [-0.3, -0.25) is 0 Å². The van der Waals surface area contributed by atoms with E-state index in [1.807, 2.05) is 32.9 Å². The molecule has 1 aliphatic heterocycles. The van der Waals surface area contributed by atoms with E-state index < -0.39 is 5.97 Å². The molecule has 1 aromatic heterocycles. The Kier molecular flexibility index (Phi) is 5.31. The number of likely N-dealkylation sites (tertiary alicyclic amines) is 1. The van der Waals surface area contributed by atoms with Gasteiger partial charge >= 0.3 is 5.97 Å². The van der Waals surface area contributed by atoms with Gasteiger partial charge in [0.25, 0.3) is 0 Å². The number of aryl methyl sites for hydroxylation is 2. The summed E-state index contributed by atoms with van der Waals surface area (Å²) in [6.07, 6.45) is 1.25. The molecular weight excluding hydrogens is 292 g/mol. The summed E-state index contributed by atoms with van der Waals surface area (Å²) >= 11 is 0. The van der Waals surface area contributed by atoms with Crippen LogP contribution in [0.15, 0.2) is 18.2 Å². The van der Waals surface area contributed by atoms with Crippen molar-refractivity contribution in [3.8, 4) is 5.75 Å². The number of carboxylic acids is 1. The van der Waals surface area contributed by atoms with Crippen LogP contribution >= 0.6 is 0 Å². The molecule has 1 aromatic carbocycles. The molecule has 0 radical (unpaired) electrons. The highest BCUT2D eigenvalue weighted by Gasteiger charge is 2.22. The molecule has 5 nitrogen and oxygen atoms in total. The highest BCUT2D eigenvalue weighted by Crippen LogP contribution is 2.29. The third-order valence-electron chi connectivity index (χ3n) is 4.16. The van der Waals surface area contributed by atoms with Crippen molar-refractivity contribution in [1.29, 1.82) is 0 Å². The van der Waals surface area contributed by atoms with E-state index in [1.165, 1.54) is 0 Å². The smallest absolute Gasteiger partial charge is 0.352 e. The number of nitrogens with zero attached hydrogens (tertiary/aromatic N) is 2. The van der Waals surface area contributed by atoms with E-state index in [9.17, 15) is 9.90 Å². The number of ether oxygens (including phenoxy) is 1. The Balaban J connectivity index is 0.000000924. The van der Waals surface area contributed by atoms with Crippen LogP contribution in [0.5, 0.6) is 5.75 Å². The third kappa shape index (κ3) is 3.50. The van der Waals surface area contributed by atoms with Crippen LogP contribution < -0.4 is 4.74 Å². The number of carboxylic acid groups (broad SMARTS) is 1. The van der Waals surface area contributed by atoms with Crippen molar-refractivity contribution in [2.75, 3.05) is 20.1 Å². The Morgan fingerprint density at radius 2 is 1.96 bits per heavy atom. The molecule has 0 aliphatic carbocycles.